The van der Waals surface area contributed by atoms with Crippen molar-refractivity contribution in [2.75, 3.05) is 6.54 Å². The summed E-state index contributed by atoms with van der Waals surface area (Å²) in [5.74, 6) is -5.35. The second-order valence-electron chi connectivity index (χ2n) is 3.91. The van der Waals surface area contributed by atoms with E-state index in [1.165, 1.54) is 0 Å². The highest BCUT2D eigenvalue weighted by atomic mass is 16.4. The first-order valence-electron chi connectivity index (χ1n) is 6.27. The van der Waals surface area contributed by atoms with Gasteiger partial charge >= 0.3 is 0 Å². The minimum absolute atomic E-state index is 0.104. The Morgan fingerprint density at radius 1 is 0.577 bits per heavy atom. The molecule has 0 rings (SSSR count). The maximum absolute atomic E-state index is 9.00. The lowest BCUT2D eigenvalue weighted by molar-refractivity contribution is -0.135. The molecule has 0 aromatic heterocycles. The van der Waals surface area contributed by atoms with Crippen molar-refractivity contribution >= 4 is 29.8 Å². The third-order valence-corrected chi connectivity index (χ3v) is 0.354. The number of carbonyl (C=O) groups is 5. The molecule has 0 fully saturated rings. The van der Waals surface area contributed by atoms with Gasteiger partial charge in [0, 0.05) is 41.2 Å². The molecular formula is C12H30N4O10. The minimum Gasteiger partial charge on any atom is -0.481 e. The van der Waals surface area contributed by atoms with E-state index in [4.69, 9.17) is 72.4 Å². The molecule has 0 bridgehead atoms. The van der Waals surface area contributed by atoms with Crippen molar-refractivity contribution in [3.8, 4) is 0 Å². The number of hydrogen-bond acceptors (Lipinski definition) is 9. The van der Waals surface area contributed by atoms with Crippen LogP contribution in [0, 0.1) is 0 Å². The summed E-state index contributed by atoms with van der Waals surface area (Å²) in [4.78, 5) is 45.0. The normalized spacial score (nSPS) is 7.58. The van der Waals surface area contributed by atoms with Crippen LogP contribution >= 0.6 is 0 Å². The molecular weight excluding hydrogens is 360 g/mol. The van der Waals surface area contributed by atoms with Crippen molar-refractivity contribution < 1.29 is 49.5 Å². The second-order valence-corrected chi connectivity index (χ2v) is 3.91. The van der Waals surface area contributed by atoms with Gasteiger partial charge < -0.3 is 48.5 Å². The molecule has 0 aromatic carbocycles. The van der Waals surface area contributed by atoms with Gasteiger partial charge in [0.05, 0.1) is 0 Å². The van der Waals surface area contributed by atoms with Crippen molar-refractivity contribution in [1.29, 1.82) is 0 Å². The number of aliphatic carboxylic acids is 5. The number of nitrogens with two attached hydrogens (primary N) is 4. The van der Waals surface area contributed by atoms with Crippen molar-refractivity contribution in [2.24, 2.45) is 22.9 Å². The Hall–Kier alpha value is -2.81. The van der Waals surface area contributed by atoms with Gasteiger partial charge in [0.1, 0.15) is 5.79 Å². The largest absolute Gasteiger partial charge is 0.481 e. The lowest BCUT2D eigenvalue weighted by Crippen LogP contribution is -2.63. The molecule has 14 heteroatoms. The average molecular weight is 390 g/mol. The van der Waals surface area contributed by atoms with Crippen LogP contribution in [0.2, 0.25) is 0 Å². The van der Waals surface area contributed by atoms with Crippen LogP contribution in [0.5, 0.6) is 0 Å². The van der Waals surface area contributed by atoms with Crippen LogP contribution in [0.25, 0.3) is 0 Å². The third-order valence-electron chi connectivity index (χ3n) is 0.354. The third kappa shape index (κ3) is 239000. The van der Waals surface area contributed by atoms with Crippen LogP contribution in [-0.2, 0) is 24.0 Å². The molecule has 0 aliphatic rings. The SMILES string of the molecule is CC(=O)O.CC(=O)O.CC(=O)O.CC(=O)O.CC(=O)O.NCC(N)(N)N. The molecule has 0 saturated heterocycles. The van der Waals surface area contributed by atoms with Gasteiger partial charge in [-0.1, -0.05) is 0 Å². The molecule has 158 valence electrons. The Morgan fingerprint density at radius 3 is 0.615 bits per heavy atom. The van der Waals surface area contributed by atoms with E-state index in [-0.39, 0.29) is 6.54 Å². The van der Waals surface area contributed by atoms with E-state index in [2.05, 4.69) is 0 Å². The van der Waals surface area contributed by atoms with Crippen LogP contribution in [0.4, 0.5) is 0 Å². The Balaban J connectivity index is -0.0000000466. The maximum Gasteiger partial charge on any atom is 0.300 e. The fourth-order valence-electron chi connectivity index (χ4n) is 0. The summed E-state index contributed by atoms with van der Waals surface area (Å²) in [5, 5.41) is 37.1. The van der Waals surface area contributed by atoms with E-state index in [9.17, 15) is 0 Å². The molecule has 0 atom stereocenters. The Morgan fingerprint density at radius 2 is 0.615 bits per heavy atom. The maximum atomic E-state index is 9.00. The molecule has 0 aromatic rings. The van der Waals surface area contributed by atoms with Gasteiger partial charge in [0.15, 0.2) is 0 Å². The molecule has 0 aliphatic carbocycles. The lowest BCUT2D eigenvalue weighted by atomic mass is 10.4. The van der Waals surface area contributed by atoms with Crippen LogP contribution in [0.3, 0.4) is 0 Å². The van der Waals surface area contributed by atoms with E-state index in [0.29, 0.717) is 0 Å². The molecule has 0 unspecified atom stereocenters. The molecule has 0 radical (unpaired) electrons. The zero-order valence-corrected chi connectivity index (χ0v) is 15.3. The number of carboxylic acids is 5. The van der Waals surface area contributed by atoms with Gasteiger partial charge in [-0.15, -0.1) is 0 Å². The molecule has 0 heterocycles. The van der Waals surface area contributed by atoms with Crippen LogP contribution < -0.4 is 22.9 Å². The summed E-state index contributed by atoms with van der Waals surface area (Å²) < 4.78 is 0. The average Bonchev–Trinajstić information content (AvgIpc) is 2.23. The minimum atomic E-state index is -1.18. The van der Waals surface area contributed by atoms with Gasteiger partial charge in [0.25, 0.3) is 29.8 Å². The standard InChI is InChI=1S/C2H10N4.5C2H4O2/c3-1-2(4,5)6;5*1-2(3)4/h1,3-6H2;5*1H3,(H,3,4). The molecule has 0 aliphatic heterocycles. The summed E-state index contributed by atoms with van der Waals surface area (Å²) in [7, 11) is 0. The number of hydrogen-bond donors (Lipinski definition) is 9. The molecule has 0 amide bonds. The highest BCUT2D eigenvalue weighted by Crippen LogP contribution is 1.62. The zero-order valence-electron chi connectivity index (χ0n) is 15.3. The van der Waals surface area contributed by atoms with Crippen LogP contribution in [-0.4, -0.2) is 67.7 Å². The van der Waals surface area contributed by atoms with Gasteiger partial charge in [-0.25, -0.2) is 0 Å². The van der Waals surface area contributed by atoms with Gasteiger partial charge in [-0.3, -0.25) is 24.0 Å². The predicted octanol–water partition coefficient (Wildman–Crippen LogP) is -2.07. The van der Waals surface area contributed by atoms with Crippen LogP contribution in [0.15, 0.2) is 0 Å². The van der Waals surface area contributed by atoms with Crippen LogP contribution in [0.1, 0.15) is 34.6 Å². The highest BCUT2D eigenvalue weighted by molar-refractivity contribution is 5.63. The van der Waals surface area contributed by atoms with E-state index < -0.39 is 35.6 Å². The van der Waals surface area contributed by atoms with Gasteiger partial charge in [-0.05, 0) is 0 Å². The predicted molar refractivity (Wildman–Crippen MR) is 90.9 cm³/mol. The van der Waals surface area contributed by atoms with Gasteiger partial charge in [0.2, 0.25) is 0 Å². The number of carboxylic acid groups (broad SMARTS) is 5. The monoisotopic (exact) mass is 390 g/mol. The van der Waals surface area contributed by atoms with Crippen molar-refractivity contribution in [3.63, 3.8) is 0 Å². The summed E-state index contributed by atoms with van der Waals surface area (Å²) >= 11 is 0. The second kappa shape index (κ2) is 27.1. The first kappa shape index (κ1) is 38.6. The molecule has 14 nitrogen and oxygen atoms in total. The topological polar surface area (TPSA) is 291 Å². The van der Waals surface area contributed by atoms with Crippen molar-refractivity contribution in [1.82, 2.24) is 0 Å². The zero-order chi connectivity index (χ0) is 23.1. The van der Waals surface area contributed by atoms with E-state index >= 15 is 0 Å². The van der Waals surface area contributed by atoms with Crippen molar-refractivity contribution in [3.05, 3.63) is 0 Å². The van der Waals surface area contributed by atoms with E-state index in [1.807, 2.05) is 0 Å². The van der Waals surface area contributed by atoms with Crippen molar-refractivity contribution in [2.45, 2.75) is 40.4 Å². The lowest BCUT2D eigenvalue weighted by Gasteiger charge is -2.13. The van der Waals surface area contributed by atoms with Gasteiger partial charge in [-0.2, -0.15) is 0 Å². The molecule has 13 N–H and O–H groups in total. The van der Waals surface area contributed by atoms with E-state index in [0.717, 1.165) is 34.6 Å². The Kier molecular flexibility index (Phi) is 40.2. The Bertz CT molecular complexity index is 304. The fraction of sp³-hybridized carbons (Fsp3) is 0.583. The summed E-state index contributed by atoms with van der Waals surface area (Å²) in [6.07, 6.45) is 0. The Labute approximate surface area is 150 Å². The molecule has 0 spiro atoms. The summed E-state index contributed by atoms with van der Waals surface area (Å²) in [6.45, 7) is 5.52. The fourth-order valence-corrected chi connectivity index (χ4v) is 0. The number of rotatable bonds is 1. The molecule has 26 heavy (non-hydrogen) atoms. The quantitative estimate of drug-likeness (QED) is 0.217. The summed E-state index contributed by atoms with van der Waals surface area (Å²) in [6, 6.07) is 0. The first-order chi connectivity index (χ1) is 11.2. The molecule has 0 saturated carbocycles. The first-order valence-corrected chi connectivity index (χ1v) is 6.27. The highest BCUT2D eigenvalue weighted by Gasteiger charge is 2.04. The summed E-state index contributed by atoms with van der Waals surface area (Å²) in [5.41, 5.74) is 19.8. The smallest absolute Gasteiger partial charge is 0.300 e. The van der Waals surface area contributed by atoms with E-state index in [1.54, 1.807) is 0 Å².